The monoisotopic (exact) mass is 611 g/mol. The Labute approximate surface area is 254 Å². The van der Waals surface area contributed by atoms with Gasteiger partial charge >= 0.3 is 17.8 Å². The van der Waals surface area contributed by atoms with E-state index in [0.29, 0.717) is 29.7 Å². The molecule has 0 bridgehead atoms. The van der Waals surface area contributed by atoms with Gasteiger partial charge in [0, 0.05) is 43.6 Å². The van der Waals surface area contributed by atoms with Crippen molar-refractivity contribution >= 4 is 31.2 Å². The van der Waals surface area contributed by atoms with Gasteiger partial charge in [-0.1, -0.05) is 51.1 Å². The summed E-state index contributed by atoms with van der Waals surface area (Å²) in [7, 11) is 0.859. The molecule has 3 rings (SSSR count). The number of aromatic nitrogens is 2. The molecule has 1 heterocycles. The fraction of sp³-hybridized carbons (Fsp3) is 0.500. The van der Waals surface area contributed by atoms with Crippen LogP contribution in [0.5, 0.6) is 0 Å². The molecule has 43 heavy (non-hydrogen) atoms. The molecule has 234 valence electrons. The molecule has 0 aliphatic rings. The zero-order valence-electron chi connectivity index (χ0n) is 27.0. The van der Waals surface area contributed by atoms with Crippen LogP contribution in [0.3, 0.4) is 0 Å². The minimum absolute atomic E-state index is 0.0344. The summed E-state index contributed by atoms with van der Waals surface area (Å²) < 4.78 is 19.2. The van der Waals surface area contributed by atoms with Crippen molar-refractivity contribution in [1.29, 1.82) is 0 Å². The van der Waals surface area contributed by atoms with Crippen molar-refractivity contribution in [3.63, 3.8) is 0 Å². The smallest absolute Gasteiger partial charge is 0.408 e. The highest BCUT2D eigenvalue weighted by Crippen LogP contribution is 2.36. The van der Waals surface area contributed by atoms with Crippen molar-refractivity contribution < 1.29 is 23.5 Å². The van der Waals surface area contributed by atoms with Crippen LogP contribution in [0.4, 0.5) is 4.79 Å². The number of esters is 1. The van der Waals surface area contributed by atoms with E-state index >= 15 is 0 Å². The summed E-state index contributed by atoms with van der Waals surface area (Å²) in [6.07, 6.45) is 1.31. The van der Waals surface area contributed by atoms with Crippen LogP contribution in [0.2, 0.25) is 18.1 Å². The molecule has 1 amide bonds. The van der Waals surface area contributed by atoms with Crippen LogP contribution in [-0.4, -0.2) is 54.9 Å². The van der Waals surface area contributed by atoms with E-state index in [4.69, 9.17) is 13.9 Å². The first-order chi connectivity index (χ1) is 19.9. The van der Waals surface area contributed by atoms with Crippen LogP contribution in [0.15, 0.2) is 52.2 Å². The first-order valence-electron chi connectivity index (χ1n) is 14.4. The molecule has 0 aliphatic carbocycles. The molecule has 3 aromatic rings. The standard InChI is InChI=1S/C32H45N3O7Si/c1-31(2,3)42-29(38)33-25(28(37)40-8)19-21-13-11-15-24-23(21)14-12-16-26(24)35-27(36)22(20-34(7)30(35)39)17-18-41-43(9,10)32(4,5)6/h11-16,20,25H,17-19H2,1-10H3,(H,33,38)/t25-/m0/s1. The van der Waals surface area contributed by atoms with E-state index in [0.717, 1.165) is 10.9 Å². The maximum atomic E-state index is 13.7. The maximum absolute atomic E-state index is 13.7. The Bertz CT molecular complexity index is 1610. The van der Waals surface area contributed by atoms with Crippen LogP contribution in [0.25, 0.3) is 16.5 Å². The maximum Gasteiger partial charge on any atom is 0.408 e. The first-order valence-corrected chi connectivity index (χ1v) is 17.3. The quantitative estimate of drug-likeness (QED) is 0.271. The molecule has 1 aromatic heterocycles. The average molecular weight is 612 g/mol. The zero-order valence-corrected chi connectivity index (χ0v) is 28.0. The van der Waals surface area contributed by atoms with Gasteiger partial charge in [-0.05, 0) is 55.9 Å². The van der Waals surface area contributed by atoms with Crippen molar-refractivity contribution in [3.8, 4) is 5.69 Å². The normalized spacial score (nSPS) is 13.1. The fourth-order valence-corrected chi connectivity index (χ4v) is 5.53. The molecular formula is C32H45N3O7Si. The van der Waals surface area contributed by atoms with E-state index in [1.807, 2.05) is 18.2 Å². The molecule has 1 atom stereocenters. The molecule has 2 aromatic carbocycles. The molecule has 0 aliphatic heterocycles. The SMILES string of the molecule is COC(=O)[C@H](Cc1cccc2c(-n3c(=O)c(CCO[Si](C)(C)C(C)(C)C)cn(C)c3=O)cccc12)NC(=O)OC(C)(C)C. The molecular weight excluding hydrogens is 566 g/mol. The van der Waals surface area contributed by atoms with E-state index in [1.165, 1.54) is 16.2 Å². The number of hydrogen-bond acceptors (Lipinski definition) is 7. The number of fused-ring (bicyclic) bond motifs is 1. The summed E-state index contributed by atoms with van der Waals surface area (Å²) in [5.74, 6) is -0.628. The van der Waals surface area contributed by atoms with Crippen molar-refractivity contribution in [3.05, 3.63) is 74.6 Å². The molecule has 0 spiro atoms. The van der Waals surface area contributed by atoms with Crippen molar-refractivity contribution in [1.82, 2.24) is 14.5 Å². The third-order valence-corrected chi connectivity index (χ3v) is 12.3. The topological polar surface area (TPSA) is 118 Å². The second-order valence-electron chi connectivity index (χ2n) is 13.3. The van der Waals surface area contributed by atoms with E-state index in [1.54, 1.807) is 52.2 Å². The summed E-state index contributed by atoms with van der Waals surface area (Å²) in [6.45, 7) is 16.4. The number of rotatable bonds is 9. The summed E-state index contributed by atoms with van der Waals surface area (Å²) in [5, 5.41) is 4.01. The number of hydrogen-bond donors (Lipinski definition) is 1. The lowest BCUT2D eigenvalue weighted by molar-refractivity contribution is -0.143. The summed E-state index contributed by atoms with van der Waals surface area (Å²) in [5.41, 5.74) is -0.0122. The zero-order chi connectivity index (χ0) is 32.3. The highest BCUT2D eigenvalue weighted by Gasteiger charge is 2.37. The Kier molecular flexibility index (Phi) is 10.1. The highest BCUT2D eigenvalue weighted by molar-refractivity contribution is 6.74. The summed E-state index contributed by atoms with van der Waals surface area (Å²) in [4.78, 5) is 52.2. The van der Waals surface area contributed by atoms with Crippen molar-refractivity contribution in [2.75, 3.05) is 13.7 Å². The van der Waals surface area contributed by atoms with Crippen LogP contribution < -0.4 is 16.6 Å². The summed E-state index contributed by atoms with van der Waals surface area (Å²) >= 11 is 0. The molecule has 0 saturated carbocycles. The molecule has 0 fully saturated rings. The third-order valence-electron chi connectivity index (χ3n) is 7.79. The van der Waals surface area contributed by atoms with E-state index in [2.05, 4.69) is 39.2 Å². The van der Waals surface area contributed by atoms with Gasteiger partial charge in [-0.15, -0.1) is 0 Å². The first kappa shape index (κ1) is 33.8. The lowest BCUT2D eigenvalue weighted by Crippen LogP contribution is -2.45. The van der Waals surface area contributed by atoms with E-state index in [9.17, 15) is 19.2 Å². The Balaban J connectivity index is 2.03. The summed E-state index contributed by atoms with van der Waals surface area (Å²) in [6, 6.07) is 9.75. The molecule has 0 unspecified atom stereocenters. The largest absolute Gasteiger partial charge is 0.467 e. The molecule has 0 saturated heterocycles. The molecule has 0 radical (unpaired) electrons. The van der Waals surface area contributed by atoms with Crippen LogP contribution in [0, 0.1) is 0 Å². The van der Waals surface area contributed by atoms with Gasteiger partial charge in [-0.3, -0.25) is 4.79 Å². The number of carbonyl (C=O) groups is 2. The van der Waals surface area contributed by atoms with Gasteiger partial charge < -0.3 is 23.8 Å². The number of benzene rings is 2. The minimum Gasteiger partial charge on any atom is -0.467 e. The van der Waals surface area contributed by atoms with Gasteiger partial charge in [0.2, 0.25) is 0 Å². The van der Waals surface area contributed by atoms with Crippen molar-refractivity contribution in [2.24, 2.45) is 7.05 Å². The Hall–Kier alpha value is -3.70. The Morgan fingerprint density at radius 3 is 2.19 bits per heavy atom. The second-order valence-corrected chi connectivity index (χ2v) is 18.1. The predicted octanol–water partition coefficient (Wildman–Crippen LogP) is 4.86. The number of ether oxygens (including phenoxy) is 2. The van der Waals surface area contributed by atoms with Gasteiger partial charge in [0.05, 0.1) is 12.8 Å². The lowest BCUT2D eigenvalue weighted by Gasteiger charge is -2.36. The Morgan fingerprint density at radius 2 is 1.58 bits per heavy atom. The molecule has 11 heteroatoms. The van der Waals surface area contributed by atoms with Gasteiger partial charge in [0.15, 0.2) is 8.32 Å². The van der Waals surface area contributed by atoms with E-state index < -0.39 is 43.3 Å². The number of carbonyl (C=O) groups excluding carboxylic acids is 2. The van der Waals surface area contributed by atoms with Gasteiger partial charge in [0.25, 0.3) is 5.56 Å². The number of nitrogens with zero attached hydrogens (tertiary/aromatic N) is 2. The third kappa shape index (κ3) is 8.02. The molecule has 10 nitrogen and oxygen atoms in total. The van der Waals surface area contributed by atoms with Gasteiger partial charge in [-0.2, -0.15) is 0 Å². The highest BCUT2D eigenvalue weighted by atomic mass is 28.4. The number of methoxy groups -OCH3 is 1. The van der Waals surface area contributed by atoms with Crippen LogP contribution >= 0.6 is 0 Å². The van der Waals surface area contributed by atoms with Gasteiger partial charge in [-0.25, -0.2) is 19.0 Å². The van der Waals surface area contributed by atoms with Crippen molar-refractivity contribution in [2.45, 2.75) is 84.2 Å². The van der Waals surface area contributed by atoms with Crippen LogP contribution in [0.1, 0.15) is 52.7 Å². The number of amides is 1. The predicted molar refractivity (Wildman–Crippen MR) is 171 cm³/mol. The lowest BCUT2D eigenvalue weighted by atomic mass is 9.97. The Morgan fingerprint density at radius 1 is 0.953 bits per heavy atom. The minimum atomic E-state index is -2.01. The number of aryl methyl sites for hydroxylation is 1. The molecule has 1 N–H and O–H groups in total. The average Bonchev–Trinajstić information content (AvgIpc) is 2.89. The second kappa shape index (κ2) is 12.9. The van der Waals surface area contributed by atoms with E-state index in [-0.39, 0.29) is 11.5 Å². The fourth-order valence-electron chi connectivity index (χ4n) is 4.49. The number of nitrogens with one attached hydrogen (secondary N) is 1. The van der Waals surface area contributed by atoms with Gasteiger partial charge in [0.1, 0.15) is 11.6 Å². The van der Waals surface area contributed by atoms with Crippen LogP contribution in [-0.2, 0) is 38.6 Å². The number of alkyl carbamates (subject to hydrolysis) is 1.